The van der Waals surface area contributed by atoms with Crippen molar-refractivity contribution < 1.29 is 14.2 Å². The monoisotopic (exact) mass is 366 g/mol. The highest BCUT2D eigenvalue weighted by Crippen LogP contribution is 2.56. The van der Waals surface area contributed by atoms with Gasteiger partial charge < -0.3 is 14.2 Å². The van der Waals surface area contributed by atoms with Crippen molar-refractivity contribution in [3.05, 3.63) is 76.3 Å². The lowest BCUT2D eigenvalue weighted by Crippen LogP contribution is -2.04. The average molecular weight is 367 g/mol. The van der Waals surface area contributed by atoms with Crippen LogP contribution < -0.4 is 14.2 Å². The Morgan fingerprint density at radius 1 is 0.769 bits per heavy atom. The Hall–Kier alpha value is -2.65. The average Bonchev–Trinajstić information content (AvgIpc) is 3.00. The predicted molar refractivity (Wildman–Crippen MR) is 104 cm³/mol. The van der Waals surface area contributed by atoms with Gasteiger partial charge in [-0.05, 0) is 40.5 Å². The Morgan fingerprint density at radius 2 is 1.54 bits per heavy atom. The largest absolute Gasteiger partial charge is 0.493 e. The standard InChI is InChI=1S/C22H19ClO3/c1-24-18-12-17-15-9-4-5-10-16(15)19(13-7-6-8-14(23)11-13)20(17)22(26-3)21(18)25-2/h4-12,19H,1-3H3. The van der Waals surface area contributed by atoms with Crippen LogP contribution in [0.5, 0.6) is 17.2 Å². The van der Waals surface area contributed by atoms with Gasteiger partial charge in [-0.2, -0.15) is 0 Å². The van der Waals surface area contributed by atoms with Gasteiger partial charge in [0.05, 0.1) is 21.3 Å². The summed E-state index contributed by atoms with van der Waals surface area (Å²) in [6.07, 6.45) is 0. The van der Waals surface area contributed by atoms with Crippen molar-refractivity contribution >= 4 is 11.6 Å². The van der Waals surface area contributed by atoms with Crippen molar-refractivity contribution in [2.45, 2.75) is 5.92 Å². The first kappa shape index (κ1) is 16.8. The summed E-state index contributed by atoms with van der Waals surface area (Å²) in [6, 6.07) is 18.4. The number of hydrogen-bond donors (Lipinski definition) is 0. The topological polar surface area (TPSA) is 27.7 Å². The number of hydrogen-bond acceptors (Lipinski definition) is 3. The fourth-order valence-corrected chi connectivity index (χ4v) is 4.07. The van der Waals surface area contributed by atoms with Crippen molar-refractivity contribution in [1.29, 1.82) is 0 Å². The van der Waals surface area contributed by atoms with Crippen molar-refractivity contribution in [2.75, 3.05) is 21.3 Å². The van der Waals surface area contributed by atoms with E-state index in [0.29, 0.717) is 22.3 Å². The molecule has 0 fully saturated rings. The van der Waals surface area contributed by atoms with Crippen LogP contribution in [0.25, 0.3) is 11.1 Å². The molecule has 4 rings (SSSR count). The Bertz CT molecular complexity index is 981. The van der Waals surface area contributed by atoms with E-state index in [2.05, 4.69) is 24.3 Å². The van der Waals surface area contributed by atoms with Crippen LogP contribution in [0.2, 0.25) is 5.02 Å². The lowest BCUT2D eigenvalue weighted by atomic mass is 9.88. The third-order valence-corrected chi connectivity index (χ3v) is 5.14. The van der Waals surface area contributed by atoms with Crippen LogP contribution in [0, 0.1) is 0 Å². The minimum atomic E-state index is 0.0228. The number of rotatable bonds is 4. The van der Waals surface area contributed by atoms with Crippen LogP contribution >= 0.6 is 11.6 Å². The van der Waals surface area contributed by atoms with Crippen LogP contribution in [-0.4, -0.2) is 21.3 Å². The second-order valence-electron chi connectivity index (χ2n) is 6.18. The Balaban J connectivity index is 2.08. The molecular formula is C22H19ClO3. The molecule has 0 heterocycles. The molecule has 1 aliphatic rings. The Labute approximate surface area is 158 Å². The van der Waals surface area contributed by atoms with Gasteiger partial charge in [0.25, 0.3) is 0 Å². The molecule has 4 heteroatoms. The molecule has 0 saturated carbocycles. The maximum absolute atomic E-state index is 6.28. The van der Waals surface area contributed by atoms with Gasteiger partial charge in [0.15, 0.2) is 11.5 Å². The number of methoxy groups -OCH3 is 3. The number of fused-ring (bicyclic) bond motifs is 3. The zero-order valence-corrected chi connectivity index (χ0v) is 15.6. The van der Waals surface area contributed by atoms with Gasteiger partial charge in [-0.1, -0.05) is 48.0 Å². The third-order valence-electron chi connectivity index (χ3n) is 4.90. The fourth-order valence-electron chi connectivity index (χ4n) is 3.87. The molecule has 3 nitrogen and oxygen atoms in total. The van der Waals surface area contributed by atoms with Gasteiger partial charge in [0.1, 0.15) is 0 Å². The first-order valence-corrected chi connectivity index (χ1v) is 8.75. The second-order valence-corrected chi connectivity index (χ2v) is 6.62. The minimum absolute atomic E-state index is 0.0228. The molecule has 1 unspecified atom stereocenters. The van der Waals surface area contributed by atoms with Gasteiger partial charge >= 0.3 is 0 Å². The Kier molecular flexibility index (Phi) is 4.25. The van der Waals surface area contributed by atoms with E-state index in [4.69, 9.17) is 25.8 Å². The summed E-state index contributed by atoms with van der Waals surface area (Å²) < 4.78 is 17.0. The molecule has 26 heavy (non-hydrogen) atoms. The lowest BCUT2D eigenvalue weighted by Gasteiger charge is -2.20. The summed E-state index contributed by atoms with van der Waals surface area (Å²) >= 11 is 6.28. The van der Waals surface area contributed by atoms with Crippen molar-refractivity contribution in [2.24, 2.45) is 0 Å². The first-order valence-electron chi connectivity index (χ1n) is 8.37. The summed E-state index contributed by atoms with van der Waals surface area (Å²) in [5.41, 5.74) is 5.69. The zero-order valence-electron chi connectivity index (χ0n) is 14.9. The predicted octanol–water partition coefficient (Wildman–Crippen LogP) is 5.53. The first-order chi connectivity index (χ1) is 12.7. The van der Waals surface area contributed by atoms with Gasteiger partial charge in [-0.3, -0.25) is 0 Å². The zero-order chi connectivity index (χ0) is 18.3. The van der Waals surface area contributed by atoms with E-state index in [1.807, 2.05) is 30.3 Å². The summed E-state index contributed by atoms with van der Waals surface area (Å²) in [5, 5.41) is 0.716. The Morgan fingerprint density at radius 3 is 2.23 bits per heavy atom. The molecule has 0 spiro atoms. The van der Waals surface area contributed by atoms with E-state index in [-0.39, 0.29) is 5.92 Å². The van der Waals surface area contributed by atoms with Crippen molar-refractivity contribution in [3.8, 4) is 28.4 Å². The van der Waals surface area contributed by atoms with E-state index in [1.54, 1.807) is 21.3 Å². The molecule has 0 radical (unpaired) electrons. The summed E-state index contributed by atoms with van der Waals surface area (Å²) in [6.45, 7) is 0. The molecular weight excluding hydrogens is 348 g/mol. The number of ether oxygens (including phenoxy) is 3. The van der Waals surface area contributed by atoms with Crippen LogP contribution in [0.1, 0.15) is 22.6 Å². The highest BCUT2D eigenvalue weighted by molar-refractivity contribution is 6.30. The SMILES string of the molecule is COc1cc2c(c(OC)c1OC)C(c1cccc(Cl)c1)c1ccccc1-2. The maximum atomic E-state index is 6.28. The normalized spacial score (nSPS) is 14.5. The van der Waals surface area contributed by atoms with E-state index < -0.39 is 0 Å². The van der Waals surface area contributed by atoms with Gasteiger partial charge in [0.2, 0.25) is 5.75 Å². The lowest BCUT2D eigenvalue weighted by molar-refractivity contribution is 0.322. The maximum Gasteiger partial charge on any atom is 0.203 e. The molecule has 0 saturated heterocycles. The van der Waals surface area contributed by atoms with Crippen molar-refractivity contribution in [3.63, 3.8) is 0 Å². The van der Waals surface area contributed by atoms with Crippen LogP contribution in [0.3, 0.4) is 0 Å². The molecule has 3 aromatic rings. The minimum Gasteiger partial charge on any atom is -0.493 e. The quantitative estimate of drug-likeness (QED) is 0.475. The number of halogens is 1. The van der Waals surface area contributed by atoms with Crippen LogP contribution in [0.4, 0.5) is 0 Å². The number of benzene rings is 3. The molecule has 0 N–H and O–H groups in total. The van der Waals surface area contributed by atoms with Crippen LogP contribution in [-0.2, 0) is 0 Å². The second kappa shape index (κ2) is 6.58. The summed E-state index contributed by atoms with van der Waals surface area (Å²) in [7, 11) is 4.93. The molecule has 0 amide bonds. The molecule has 132 valence electrons. The third kappa shape index (κ3) is 2.43. The van der Waals surface area contributed by atoms with Crippen molar-refractivity contribution in [1.82, 2.24) is 0 Å². The van der Waals surface area contributed by atoms with E-state index in [0.717, 1.165) is 16.7 Å². The summed E-state index contributed by atoms with van der Waals surface area (Å²) in [4.78, 5) is 0. The molecule has 0 aliphatic heterocycles. The fraction of sp³-hybridized carbons (Fsp3) is 0.182. The smallest absolute Gasteiger partial charge is 0.203 e. The van der Waals surface area contributed by atoms with Crippen LogP contribution in [0.15, 0.2) is 54.6 Å². The highest BCUT2D eigenvalue weighted by Gasteiger charge is 2.36. The summed E-state index contributed by atoms with van der Waals surface area (Å²) in [5.74, 6) is 1.98. The molecule has 1 aliphatic carbocycles. The van der Waals surface area contributed by atoms with Gasteiger partial charge in [-0.15, -0.1) is 0 Å². The van der Waals surface area contributed by atoms with E-state index in [9.17, 15) is 0 Å². The molecule has 0 bridgehead atoms. The highest BCUT2D eigenvalue weighted by atomic mass is 35.5. The molecule has 1 atom stereocenters. The van der Waals surface area contributed by atoms with E-state index >= 15 is 0 Å². The van der Waals surface area contributed by atoms with Gasteiger partial charge in [-0.25, -0.2) is 0 Å². The molecule has 3 aromatic carbocycles. The molecule has 0 aromatic heterocycles. The van der Waals surface area contributed by atoms with E-state index in [1.165, 1.54) is 11.1 Å². The van der Waals surface area contributed by atoms with Gasteiger partial charge in [0, 0.05) is 16.5 Å².